The largest absolute Gasteiger partial charge is 0.396 e. The average Bonchev–Trinajstić information content (AvgIpc) is 3.41. The molecule has 6 N–H and O–H groups in total. The molecule has 2 bridgehead atoms. The number of aliphatic hydroxyl groups is 4. The normalized spacial score (nSPS) is 32.3. The molecule has 8 atom stereocenters. The minimum atomic E-state index is -1.20. The molecule has 0 heterocycles. The molecule has 0 saturated heterocycles. The number of hydrogen-bond donors (Lipinski definition) is 6. The topological polar surface area (TPSA) is 122 Å². The standard InChI is InChI=1S/C41H66N2O5/c1-7-9-10-17-36(46)34(16-12-14-29(3)13-11-15-30(4)27-43-8-2)35-20-22-41(39(35)47)38-32(21-25-44)18-19-33(37(38)31(5)28-45)26-40(41,48)23-24-42-6/h12,14-16,18-19,28,32-33,35-36,38-39,42-44,46-48H,3,7-11,13,17,20-27H2,1-2,4-6H3. The SMILES string of the molecule is C=C(C=CC=C(C(O)CCCCC)C1CCC2(C1O)C1C(=C(C)C=O)C(C=CC1CCO)CC2(O)CCNC)CCC=C(C)CNCC. The highest BCUT2D eigenvalue weighted by Gasteiger charge is 2.68. The maximum atomic E-state index is 12.8. The molecule has 3 aliphatic rings. The van der Waals surface area contributed by atoms with E-state index in [9.17, 15) is 25.2 Å². The zero-order valence-electron chi connectivity index (χ0n) is 30.5. The molecule has 0 amide bonds. The molecule has 270 valence electrons. The van der Waals surface area contributed by atoms with Crippen molar-refractivity contribution in [1.29, 1.82) is 0 Å². The maximum Gasteiger partial charge on any atom is 0.145 e. The van der Waals surface area contributed by atoms with Crippen LogP contribution in [0.4, 0.5) is 0 Å². The second-order valence-electron chi connectivity index (χ2n) is 14.7. The van der Waals surface area contributed by atoms with Gasteiger partial charge < -0.3 is 31.1 Å². The Labute approximate surface area is 291 Å². The van der Waals surface area contributed by atoms with Gasteiger partial charge in [0.2, 0.25) is 0 Å². The molecule has 7 nitrogen and oxygen atoms in total. The molecule has 0 radical (unpaired) electrons. The first-order chi connectivity index (χ1) is 23.0. The molecule has 0 aromatic carbocycles. The first kappa shape index (κ1) is 40.3. The van der Waals surface area contributed by atoms with Crippen molar-refractivity contribution in [1.82, 2.24) is 10.6 Å². The van der Waals surface area contributed by atoms with Crippen molar-refractivity contribution in [2.75, 3.05) is 33.3 Å². The molecular formula is C41H66N2O5. The number of carbonyl (C=O) groups is 1. The summed E-state index contributed by atoms with van der Waals surface area (Å²) in [5.74, 6) is -0.865. The quantitative estimate of drug-likeness (QED) is 0.0305. The van der Waals surface area contributed by atoms with Crippen LogP contribution in [0.2, 0.25) is 0 Å². The molecule has 48 heavy (non-hydrogen) atoms. The molecule has 3 aliphatic carbocycles. The number of unbranched alkanes of at least 4 members (excludes halogenated alkanes) is 2. The van der Waals surface area contributed by atoms with Gasteiger partial charge in [-0.1, -0.05) is 92.9 Å². The summed E-state index contributed by atoms with van der Waals surface area (Å²) < 4.78 is 0. The van der Waals surface area contributed by atoms with E-state index in [0.29, 0.717) is 50.6 Å². The van der Waals surface area contributed by atoms with Crippen molar-refractivity contribution in [3.63, 3.8) is 0 Å². The summed E-state index contributed by atoms with van der Waals surface area (Å²) in [6.45, 7) is 14.9. The summed E-state index contributed by atoms with van der Waals surface area (Å²) in [5.41, 5.74) is 2.64. The fourth-order valence-corrected chi connectivity index (χ4v) is 9.09. The Morgan fingerprint density at radius 3 is 2.65 bits per heavy atom. The van der Waals surface area contributed by atoms with Crippen molar-refractivity contribution in [2.24, 2.45) is 29.1 Å². The number of aldehydes is 1. The van der Waals surface area contributed by atoms with E-state index >= 15 is 0 Å². The minimum Gasteiger partial charge on any atom is -0.396 e. The summed E-state index contributed by atoms with van der Waals surface area (Å²) in [4.78, 5) is 12.3. The van der Waals surface area contributed by atoms with Gasteiger partial charge in [0, 0.05) is 30.4 Å². The lowest BCUT2D eigenvalue weighted by atomic mass is 9.45. The van der Waals surface area contributed by atoms with E-state index in [1.54, 1.807) is 0 Å². The van der Waals surface area contributed by atoms with Gasteiger partial charge in [-0.25, -0.2) is 0 Å². The number of fused-ring (bicyclic) bond motifs is 3. The molecule has 0 aliphatic heterocycles. The van der Waals surface area contributed by atoms with Crippen molar-refractivity contribution < 1.29 is 25.2 Å². The maximum absolute atomic E-state index is 12.8. The number of likely N-dealkylation sites (N-methyl/N-ethyl adjacent to an activating group) is 1. The summed E-state index contributed by atoms with van der Waals surface area (Å²) in [7, 11) is 1.87. The van der Waals surface area contributed by atoms with E-state index in [4.69, 9.17) is 0 Å². The molecule has 8 unspecified atom stereocenters. The number of rotatable bonds is 20. The molecule has 2 saturated carbocycles. The fraction of sp³-hybridized carbons (Fsp3) is 0.683. The smallest absolute Gasteiger partial charge is 0.145 e. The van der Waals surface area contributed by atoms with Gasteiger partial charge in [0.15, 0.2) is 0 Å². The zero-order valence-corrected chi connectivity index (χ0v) is 30.5. The Morgan fingerprint density at radius 2 is 1.98 bits per heavy atom. The van der Waals surface area contributed by atoms with Gasteiger partial charge in [-0.15, -0.1) is 0 Å². The Kier molecular flexibility index (Phi) is 16.2. The third-order valence-electron chi connectivity index (χ3n) is 11.5. The minimum absolute atomic E-state index is 0.0187. The third-order valence-corrected chi connectivity index (χ3v) is 11.5. The van der Waals surface area contributed by atoms with Crippen LogP contribution >= 0.6 is 0 Å². The number of carbonyl (C=O) groups excluding carboxylic acids is 1. The van der Waals surface area contributed by atoms with E-state index < -0.39 is 23.2 Å². The number of allylic oxidation sites excluding steroid dienone is 9. The van der Waals surface area contributed by atoms with Crippen LogP contribution in [-0.2, 0) is 4.79 Å². The van der Waals surface area contributed by atoms with E-state index in [1.807, 2.05) is 32.2 Å². The number of hydrogen-bond acceptors (Lipinski definition) is 7. The molecule has 0 aromatic heterocycles. The Morgan fingerprint density at radius 1 is 1.21 bits per heavy atom. The average molecular weight is 667 g/mol. The predicted octanol–water partition coefficient (Wildman–Crippen LogP) is 6.12. The highest BCUT2D eigenvalue weighted by Crippen LogP contribution is 2.67. The highest BCUT2D eigenvalue weighted by atomic mass is 16.3. The van der Waals surface area contributed by atoms with Crippen LogP contribution in [0, 0.1) is 29.1 Å². The van der Waals surface area contributed by atoms with Gasteiger partial charge in [0.05, 0.1) is 17.8 Å². The van der Waals surface area contributed by atoms with Gasteiger partial charge in [0.25, 0.3) is 0 Å². The molecule has 7 heteroatoms. The van der Waals surface area contributed by atoms with Crippen LogP contribution in [0.5, 0.6) is 0 Å². The van der Waals surface area contributed by atoms with E-state index in [-0.39, 0.29) is 30.3 Å². The van der Waals surface area contributed by atoms with Crippen molar-refractivity contribution in [3.8, 4) is 0 Å². The Hall–Kier alpha value is -2.13. The Bertz CT molecular complexity index is 1220. The number of aliphatic hydroxyl groups excluding tert-OH is 3. The van der Waals surface area contributed by atoms with E-state index in [0.717, 1.165) is 68.2 Å². The van der Waals surface area contributed by atoms with Crippen LogP contribution in [-0.4, -0.2) is 77.8 Å². The van der Waals surface area contributed by atoms with Gasteiger partial charge in [0.1, 0.15) is 6.29 Å². The van der Waals surface area contributed by atoms with E-state index in [1.165, 1.54) is 5.57 Å². The van der Waals surface area contributed by atoms with Gasteiger partial charge in [-0.3, -0.25) is 4.79 Å². The van der Waals surface area contributed by atoms with Crippen molar-refractivity contribution in [2.45, 2.75) is 116 Å². The third kappa shape index (κ3) is 9.15. The lowest BCUT2D eigenvalue weighted by molar-refractivity contribution is -0.194. The van der Waals surface area contributed by atoms with Crippen LogP contribution < -0.4 is 10.6 Å². The summed E-state index contributed by atoms with van der Waals surface area (Å²) in [6.07, 6.45) is 19.6. The predicted molar refractivity (Wildman–Crippen MR) is 197 cm³/mol. The van der Waals surface area contributed by atoms with Crippen LogP contribution in [0.3, 0.4) is 0 Å². The van der Waals surface area contributed by atoms with Gasteiger partial charge in [-0.2, -0.15) is 0 Å². The monoisotopic (exact) mass is 666 g/mol. The second-order valence-corrected chi connectivity index (χ2v) is 14.7. The van der Waals surface area contributed by atoms with Crippen LogP contribution in [0.1, 0.15) is 98.3 Å². The Balaban J connectivity index is 2.03. The van der Waals surface area contributed by atoms with Gasteiger partial charge in [-0.05, 0) is 108 Å². The van der Waals surface area contributed by atoms with Crippen LogP contribution in [0.15, 0.2) is 70.9 Å². The molecule has 3 rings (SSSR count). The van der Waals surface area contributed by atoms with Gasteiger partial charge >= 0.3 is 0 Å². The van der Waals surface area contributed by atoms with Crippen LogP contribution in [0.25, 0.3) is 0 Å². The second kappa shape index (κ2) is 19.3. The lowest BCUT2D eigenvalue weighted by Gasteiger charge is -2.61. The molecular weight excluding hydrogens is 600 g/mol. The zero-order chi connectivity index (χ0) is 35.3. The summed E-state index contributed by atoms with van der Waals surface area (Å²) in [5, 5.41) is 53.9. The van der Waals surface area contributed by atoms with E-state index in [2.05, 4.69) is 56.2 Å². The van der Waals surface area contributed by atoms with Crippen molar-refractivity contribution in [3.05, 3.63) is 70.9 Å². The highest BCUT2D eigenvalue weighted by molar-refractivity contribution is 5.74. The lowest BCUT2D eigenvalue weighted by Crippen LogP contribution is -2.65. The first-order valence-corrected chi connectivity index (χ1v) is 18.6. The molecule has 1 spiro atoms. The molecule has 0 aromatic rings. The molecule has 2 fully saturated rings. The summed E-state index contributed by atoms with van der Waals surface area (Å²) >= 11 is 0. The fourth-order valence-electron chi connectivity index (χ4n) is 9.09. The first-order valence-electron chi connectivity index (χ1n) is 18.6. The summed E-state index contributed by atoms with van der Waals surface area (Å²) in [6, 6.07) is 0. The van der Waals surface area contributed by atoms with Crippen molar-refractivity contribution >= 4 is 6.29 Å². The number of nitrogens with one attached hydrogen (secondary N) is 2.